The van der Waals surface area contributed by atoms with Gasteiger partial charge >= 0.3 is 5.97 Å². The van der Waals surface area contributed by atoms with Crippen LogP contribution in [0.2, 0.25) is 0 Å². The van der Waals surface area contributed by atoms with Crippen LogP contribution in [0.5, 0.6) is 0 Å². The molecule has 0 radical (unpaired) electrons. The highest BCUT2D eigenvalue weighted by Gasteiger charge is 2.30. The summed E-state index contributed by atoms with van der Waals surface area (Å²) >= 11 is 0. The van der Waals surface area contributed by atoms with Gasteiger partial charge in [0, 0.05) is 23.6 Å². The van der Waals surface area contributed by atoms with E-state index in [0.29, 0.717) is 17.7 Å². The fraction of sp³-hybridized carbons (Fsp3) is 0.353. The maximum absolute atomic E-state index is 12.4. The number of Topliss-reactive ketones (excluding diaryl/α,β-unsaturated/α-hetero) is 1. The Morgan fingerprint density at radius 1 is 1.35 bits per heavy atom. The molecule has 6 nitrogen and oxygen atoms in total. The number of carbonyl (C=O) groups excluding carboxylic acids is 2. The van der Waals surface area contributed by atoms with E-state index in [2.05, 4.69) is 4.98 Å². The van der Waals surface area contributed by atoms with Crippen LogP contribution >= 0.6 is 0 Å². The number of pyridine rings is 1. The molecule has 0 aliphatic heterocycles. The number of fused-ring (bicyclic) bond motifs is 1. The molecule has 120 valence electrons. The molecule has 0 saturated heterocycles. The zero-order chi connectivity index (χ0) is 16.6. The second-order valence-corrected chi connectivity index (χ2v) is 5.60. The quantitative estimate of drug-likeness (QED) is 0.878. The molecule has 0 bridgehead atoms. The Bertz CT molecular complexity index is 830. The van der Waals surface area contributed by atoms with Crippen molar-refractivity contribution in [3.05, 3.63) is 56.9 Å². The van der Waals surface area contributed by atoms with Gasteiger partial charge in [0.1, 0.15) is 17.1 Å². The number of aryl methyl sites for hydroxylation is 1. The molecule has 2 aromatic rings. The van der Waals surface area contributed by atoms with Crippen LogP contribution in [0.25, 0.3) is 0 Å². The summed E-state index contributed by atoms with van der Waals surface area (Å²) in [5, 5.41) is 0. The highest BCUT2D eigenvalue weighted by molar-refractivity contribution is 6.01. The standard InChI is InChI=1S/C17H17NO5/c1-3-22-17(21)12-8-11-13(18-16(12)20)6-10(7-14(11)19)15-5-4-9(2)23-15/h4-5,8,10H,3,6-7H2,1-2H3,(H,18,20)/t10-/m0/s1. The van der Waals surface area contributed by atoms with Crippen molar-refractivity contribution in [2.24, 2.45) is 0 Å². The molecule has 23 heavy (non-hydrogen) atoms. The first kappa shape index (κ1) is 15.3. The Kier molecular flexibility index (Phi) is 3.90. The van der Waals surface area contributed by atoms with Gasteiger partial charge in [-0.15, -0.1) is 0 Å². The van der Waals surface area contributed by atoms with Crippen LogP contribution < -0.4 is 5.56 Å². The number of aromatic amines is 1. The van der Waals surface area contributed by atoms with Crippen LogP contribution in [0, 0.1) is 6.92 Å². The van der Waals surface area contributed by atoms with E-state index in [9.17, 15) is 14.4 Å². The highest BCUT2D eigenvalue weighted by atomic mass is 16.5. The molecular formula is C17H17NO5. The maximum Gasteiger partial charge on any atom is 0.343 e. The Labute approximate surface area is 132 Å². The number of furan rings is 1. The molecule has 1 aliphatic rings. The van der Waals surface area contributed by atoms with Crippen molar-refractivity contribution >= 4 is 11.8 Å². The molecule has 1 N–H and O–H groups in total. The van der Waals surface area contributed by atoms with Crippen molar-refractivity contribution in [3.8, 4) is 0 Å². The zero-order valence-corrected chi connectivity index (χ0v) is 13.0. The number of esters is 1. The number of hydrogen-bond acceptors (Lipinski definition) is 5. The van der Waals surface area contributed by atoms with Gasteiger partial charge in [-0.2, -0.15) is 0 Å². The summed E-state index contributed by atoms with van der Waals surface area (Å²) < 4.78 is 10.4. The summed E-state index contributed by atoms with van der Waals surface area (Å²) in [4.78, 5) is 38.9. The van der Waals surface area contributed by atoms with Crippen LogP contribution in [-0.2, 0) is 11.2 Å². The van der Waals surface area contributed by atoms with Crippen LogP contribution in [0.15, 0.2) is 27.4 Å². The van der Waals surface area contributed by atoms with Gasteiger partial charge < -0.3 is 14.1 Å². The SMILES string of the molecule is CCOC(=O)c1cc2c([nH]c1=O)C[C@H](c1ccc(C)o1)CC2=O. The van der Waals surface area contributed by atoms with Crippen LogP contribution in [0.1, 0.15) is 57.2 Å². The third-order valence-corrected chi connectivity index (χ3v) is 3.96. The number of H-pyrrole nitrogens is 1. The van der Waals surface area contributed by atoms with Crippen molar-refractivity contribution in [3.63, 3.8) is 0 Å². The van der Waals surface area contributed by atoms with Crippen molar-refractivity contribution in [2.45, 2.75) is 32.6 Å². The molecule has 3 rings (SSSR count). The van der Waals surface area contributed by atoms with Crippen molar-refractivity contribution in [2.75, 3.05) is 6.61 Å². The van der Waals surface area contributed by atoms with E-state index in [-0.39, 0.29) is 30.3 Å². The predicted octanol–water partition coefficient (Wildman–Crippen LogP) is 2.37. The summed E-state index contributed by atoms with van der Waals surface area (Å²) in [5.74, 6) is 0.578. The van der Waals surface area contributed by atoms with Gasteiger partial charge in [0.2, 0.25) is 0 Å². The van der Waals surface area contributed by atoms with E-state index in [1.54, 1.807) is 6.92 Å². The van der Waals surface area contributed by atoms with Gasteiger partial charge in [0.05, 0.1) is 6.61 Å². The first-order valence-corrected chi connectivity index (χ1v) is 7.52. The lowest BCUT2D eigenvalue weighted by atomic mass is 9.84. The van der Waals surface area contributed by atoms with Crippen molar-refractivity contribution in [1.29, 1.82) is 0 Å². The molecule has 2 heterocycles. The van der Waals surface area contributed by atoms with E-state index in [4.69, 9.17) is 9.15 Å². The fourth-order valence-electron chi connectivity index (χ4n) is 2.87. The maximum atomic E-state index is 12.4. The largest absolute Gasteiger partial charge is 0.466 e. The predicted molar refractivity (Wildman–Crippen MR) is 81.9 cm³/mol. The normalized spacial score (nSPS) is 17.0. The number of aromatic nitrogens is 1. The highest BCUT2D eigenvalue weighted by Crippen LogP contribution is 2.32. The molecule has 6 heteroatoms. The van der Waals surface area contributed by atoms with Gasteiger partial charge in [-0.1, -0.05) is 0 Å². The topological polar surface area (TPSA) is 89.4 Å². The first-order valence-electron chi connectivity index (χ1n) is 7.52. The van der Waals surface area contributed by atoms with Crippen molar-refractivity contribution in [1.82, 2.24) is 4.98 Å². The number of ketones is 1. The number of ether oxygens (including phenoxy) is 1. The third kappa shape index (κ3) is 2.84. The number of rotatable bonds is 3. The molecule has 1 atom stereocenters. The number of carbonyl (C=O) groups is 2. The summed E-state index contributed by atoms with van der Waals surface area (Å²) in [6.07, 6.45) is 0.778. The summed E-state index contributed by atoms with van der Waals surface area (Å²) in [6.45, 7) is 3.67. The third-order valence-electron chi connectivity index (χ3n) is 3.96. The molecule has 0 amide bonds. The lowest BCUT2D eigenvalue weighted by Gasteiger charge is -2.22. The van der Waals surface area contributed by atoms with E-state index in [0.717, 1.165) is 11.5 Å². The molecule has 0 unspecified atom stereocenters. The minimum Gasteiger partial charge on any atom is -0.466 e. The fourth-order valence-corrected chi connectivity index (χ4v) is 2.87. The molecule has 0 fully saturated rings. The molecular weight excluding hydrogens is 298 g/mol. The first-order chi connectivity index (χ1) is 11.0. The van der Waals surface area contributed by atoms with Crippen LogP contribution in [0.3, 0.4) is 0 Å². The van der Waals surface area contributed by atoms with E-state index in [1.807, 2.05) is 19.1 Å². The van der Waals surface area contributed by atoms with Gasteiger partial charge in [-0.25, -0.2) is 4.79 Å². The lowest BCUT2D eigenvalue weighted by Crippen LogP contribution is -2.27. The van der Waals surface area contributed by atoms with E-state index >= 15 is 0 Å². The molecule has 1 aliphatic carbocycles. The Hall–Kier alpha value is -2.63. The Morgan fingerprint density at radius 2 is 2.13 bits per heavy atom. The average molecular weight is 315 g/mol. The summed E-state index contributed by atoms with van der Waals surface area (Å²) in [7, 11) is 0. The second-order valence-electron chi connectivity index (χ2n) is 5.60. The van der Waals surface area contributed by atoms with Crippen LogP contribution in [0.4, 0.5) is 0 Å². The summed E-state index contributed by atoms with van der Waals surface area (Å²) in [6, 6.07) is 5.05. The van der Waals surface area contributed by atoms with Gasteiger partial charge in [-0.3, -0.25) is 9.59 Å². The van der Waals surface area contributed by atoms with Gasteiger partial charge in [0.15, 0.2) is 5.78 Å². The van der Waals surface area contributed by atoms with Gasteiger partial charge in [-0.05, 0) is 38.5 Å². The zero-order valence-electron chi connectivity index (χ0n) is 13.0. The lowest BCUT2D eigenvalue weighted by molar-refractivity contribution is 0.0524. The summed E-state index contributed by atoms with van der Waals surface area (Å²) in [5.41, 5.74) is 0.253. The molecule has 0 spiro atoms. The monoisotopic (exact) mass is 315 g/mol. The number of nitrogens with one attached hydrogen (secondary N) is 1. The Balaban J connectivity index is 1.97. The van der Waals surface area contributed by atoms with Crippen LogP contribution in [-0.4, -0.2) is 23.3 Å². The van der Waals surface area contributed by atoms with E-state index < -0.39 is 11.5 Å². The average Bonchev–Trinajstić information content (AvgIpc) is 2.93. The second kappa shape index (κ2) is 5.87. The van der Waals surface area contributed by atoms with E-state index in [1.165, 1.54) is 6.07 Å². The Morgan fingerprint density at radius 3 is 2.78 bits per heavy atom. The molecule has 0 aromatic carbocycles. The molecule has 2 aromatic heterocycles. The molecule has 0 saturated carbocycles. The minimum atomic E-state index is -0.715. The smallest absolute Gasteiger partial charge is 0.343 e. The number of hydrogen-bond donors (Lipinski definition) is 1. The minimum absolute atomic E-state index is 0.104. The van der Waals surface area contributed by atoms with Crippen molar-refractivity contribution < 1.29 is 18.7 Å². The van der Waals surface area contributed by atoms with Gasteiger partial charge in [0.25, 0.3) is 5.56 Å².